The lowest BCUT2D eigenvalue weighted by atomic mass is 10.0. The third-order valence-corrected chi connectivity index (χ3v) is 9.10. The zero-order valence-electron chi connectivity index (χ0n) is 21.8. The van der Waals surface area contributed by atoms with Crippen LogP contribution in [0.25, 0.3) is 22.5 Å². The molecule has 4 aromatic rings. The van der Waals surface area contributed by atoms with Gasteiger partial charge in [0.15, 0.2) is 21.3 Å². The minimum Gasteiger partial charge on any atom is -0.316 e. The van der Waals surface area contributed by atoms with E-state index in [1.807, 2.05) is 30.3 Å². The highest BCUT2D eigenvalue weighted by Gasteiger charge is 2.26. The van der Waals surface area contributed by atoms with E-state index >= 15 is 0 Å². The fourth-order valence-electron chi connectivity index (χ4n) is 4.28. The maximum absolute atomic E-state index is 13.2. The second-order valence-corrected chi connectivity index (χ2v) is 14.1. The van der Waals surface area contributed by atoms with E-state index in [1.54, 1.807) is 55.7 Å². The Kier molecular flexibility index (Phi) is 7.86. The van der Waals surface area contributed by atoms with Crippen LogP contribution >= 0.6 is 11.6 Å². The summed E-state index contributed by atoms with van der Waals surface area (Å²) in [5, 5.41) is 0.00635. The first-order valence-electron chi connectivity index (χ1n) is 11.9. The molecular weight excluding hydrogens is 558 g/mol. The van der Waals surface area contributed by atoms with Gasteiger partial charge in [0, 0.05) is 22.9 Å². The molecule has 0 aliphatic rings. The number of carbonyl (C=O) groups excluding carboxylic acids is 1. The Hall–Kier alpha value is -3.31. The highest BCUT2D eigenvalue weighted by atomic mass is 35.5. The molecule has 1 N–H and O–H groups in total. The van der Waals surface area contributed by atoms with Crippen LogP contribution in [0.4, 0.5) is 0 Å². The predicted octanol–water partition coefficient (Wildman–Crippen LogP) is 5.21. The van der Waals surface area contributed by atoms with Gasteiger partial charge in [-0.15, -0.1) is 0 Å². The largest absolute Gasteiger partial charge is 0.316 e. The number of aromatic nitrogens is 2. The van der Waals surface area contributed by atoms with Crippen molar-refractivity contribution in [2.24, 2.45) is 0 Å². The first-order valence-corrected chi connectivity index (χ1v) is 15.7. The summed E-state index contributed by atoms with van der Waals surface area (Å²) in [6, 6.07) is 20.3. The van der Waals surface area contributed by atoms with Gasteiger partial charge in [0.05, 0.1) is 16.3 Å². The van der Waals surface area contributed by atoms with Crippen molar-refractivity contribution >= 4 is 37.7 Å². The molecule has 0 unspecified atom stereocenters. The summed E-state index contributed by atoms with van der Waals surface area (Å²) in [7, 11) is -7.68. The molecule has 0 saturated carbocycles. The number of sulfonamides is 1. The van der Waals surface area contributed by atoms with Crippen LogP contribution in [0.1, 0.15) is 36.8 Å². The number of halogens is 1. The van der Waals surface area contributed by atoms with E-state index in [1.165, 1.54) is 12.1 Å². The Bertz CT molecular complexity index is 1760. The summed E-state index contributed by atoms with van der Waals surface area (Å²) in [4.78, 5) is 16.3. The van der Waals surface area contributed by atoms with Gasteiger partial charge in [-0.3, -0.25) is 4.79 Å². The summed E-state index contributed by atoms with van der Waals surface area (Å²) in [5.41, 5.74) is 1.27. The van der Waals surface area contributed by atoms with Crippen LogP contribution in [0.5, 0.6) is 0 Å². The van der Waals surface area contributed by atoms with Crippen molar-refractivity contribution in [1.29, 1.82) is 0 Å². The van der Waals surface area contributed by atoms with Crippen molar-refractivity contribution in [3.05, 3.63) is 89.2 Å². The highest BCUT2D eigenvalue weighted by molar-refractivity contribution is 7.90. The van der Waals surface area contributed by atoms with E-state index in [-0.39, 0.29) is 27.2 Å². The van der Waals surface area contributed by atoms with Gasteiger partial charge in [-0.05, 0) is 44.0 Å². The molecule has 3 aromatic carbocycles. The number of hydrogen-bond acceptors (Lipinski definition) is 6. The fourth-order valence-corrected chi connectivity index (χ4v) is 7.11. The topological polar surface area (TPSA) is 115 Å². The summed E-state index contributed by atoms with van der Waals surface area (Å²) < 4.78 is 56.5. The van der Waals surface area contributed by atoms with Crippen molar-refractivity contribution in [3.8, 4) is 22.5 Å². The van der Waals surface area contributed by atoms with Crippen LogP contribution in [0.15, 0.2) is 82.6 Å². The molecule has 0 spiro atoms. The third-order valence-electron chi connectivity index (χ3n) is 5.83. The molecule has 11 heteroatoms. The van der Waals surface area contributed by atoms with E-state index in [4.69, 9.17) is 11.6 Å². The number of imidazole rings is 1. The molecule has 0 aliphatic carbocycles. The SMILES string of the molecule is CC(C)(C)NS(=O)(=O)c1ccccc1-c1ccc(Cn2c(-c3ccccc3)nc(Cl)c2C=O)c(S(C)(=O)=O)c1. The van der Waals surface area contributed by atoms with Crippen molar-refractivity contribution < 1.29 is 21.6 Å². The second kappa shape index (κ2) is 10.7. The fraction of sp³-hybridized carbons (Fsp3) is 0.214. The summed E-state index contributed by atoms with van der Waals surface area (Å²) in [6.45, 7) is 5.21. The van der Waals surface area contributed by atoms with Gasteiger partial charge in [0.1, 0.15) is 11.5 Å². The van der Waals surface area contributed by atoms with Gasteiger partial charge in [0.2, 0.25) is 10.0 Å². The van der Waals surface area contributed by atoms with E-state index in [0.717, 1.165) is 6.26 Å². The molecule has 0 atom stereocenters. The van der Waals surface area contributed by atoms with Gasteiger partial charge < -0.3 is 4.57 Å². The first-order chi connectivity index (χ1) is 18.2. The van der Waals surface area contributed by atoms with Crippen molar-refractivity contribution in [2.75, 3.05) is 6.26 Å². The Morgan fingerprint density at radius 2 is 1.54 bits per heavy atom. The molecule has 0 bridgehead atoms. The maximum atomic E-state index is 13.2. The average molecular weight is 586 g/mol. The van der Waals surface area contributed by atoms with Crippen molar-refractivity contribution in [1.82, 2.24) is 14.3 Å². The predicted molar refractivity (Wildman–Crippen MR) is 152 cm³/mol. The monoisotopic (exact) mass is 585 g/mol. The first kappa shape index (κ1) is 28.7. The number of hydrogen-bond donors (Lipinski definition) is 1. The Balaban J connectivity index is 1.87. The normalized spacial score (nSPS) is 12.4. The maximum Gasteiger partial charge on any atom is 0.241 e. The molecular formula is C28H28ClN3O5S2. The number of sulfone groups is 1. The van der Waals surface area contributed by atoms with Gasteiger partial charge in [-0.25, -0.2) is 26.5 Å². The Morgan fingerprint density at radius 1 is 0.897 bits per heavy atom. The molecule has 4 rings (SSSR count). The van der Waals surface area contributed by atoms with Crippen LogP contribution in [-0.4, -0.2) is 44.5 Å². The number of rotatable bonds is 8. The molecule has 0 aliphatic heterocycles. The summed E-state index contributed by atoms with van der Waals surface area (Å²) in [6.07, 6.45) is 1.67. The molecule has 0 saturated heterocycles. The second-order valence-electron chi connectivity index (χ2n) is 10.1. The van der Waals surface area contributed by atoms with E-state index in [9.17, 15) is 21.6 Å². The van der Waals surface area contributed by atoms with E-state index in [0.29, 0.717) is 34.4 Å². The van der Waals surface area contributed by atoms with Gasteiger partial charge in [-0.2, -0.15) is 0 Å². The number of nitrogens with zero attached hydrogens (tertiary/aromatic N) is 2. The van der Waals surface area contributed by atoms with Crippen LogP contribution in [0.2, 0.25) is 5.15 Å². The summed E-state index contributed by atoms with van der Waals surface area (Å²) >= 11 is 6.26. The molecule has 1 heterocycles. The minimum atomic E-state index is -3.91. The Labute approximate surface area is 233 Å². The van der Waals surface area contributed by atoms with Gasteiger partial charge >= 0.3 is 0 Å². The lowest BCUT2D eigenvalue weighted by molar-refractivity contribution is 0.111. The minimum absolute atomic E-state index is 0.00309. The number of aldehydes is 1. The van der Waals surface area contributed by atoms with Crippen molar-refractivity contribution in [2.45, 2.75) is 42.6 Å². The van der Waals surface area contributed by atoms with E-state index in [2.05, 4.69) is 9.71 Å². The summed E-state index contributed by atoms with van der Waals surface area (Å²) in [5.74, 6) is 0.413. The highest BCUT2D eigenvalue weighted by Crippen LogP contribution is 2.33. The Morgan fingerprint density at radius 3 is 2.15 bits per heavy atom. The van der Waals surface area contributed by atoms with Gasteiger partial charge in [0.25, 0.3) is 0 Å². The lowest BCUT2D eigenvalue weighted by Crippen LogP contribution is -2.40. The molecule has 0 amide bonds. The molecule has 39 heavy (non-hydrogen) atoms. The van der Waals surface area contributed by atoms with Crippen LogP contribution in [-0.2, 0) is 26.4 Å². The van der Waals surface area contributed by atoms with E-state index < -0.39 is 25.4 Å². The molecule has 0 radical (unpaired) electrons. The quantitative estimate of drug-likeness (QED) is 0.284. The van der Waals surface area contributed by atoms with Crippen LogP contribution in [0.3, 0.4) is 0 Å². The number of carbonyl (C=O) groups is 1. The number of nitrogens with one attached hydrogen (secondary N) is 1. The smallest absolute Gasteiger partial charge is 0.241 e. The molecule has 0 fully saturated rings. The van der Waals surface area contributed by atoms with Crippen molar-refractivity contribution in [3.63, 3.8) is 0 Å². The lowest BCUT2D eigenvalue weighted by Gasteiger charge is -2.22. The molecule has 8 nitrogen and oxygen atoms in total. The van der Waals surface area contributed by atoms with Crippen LogP contribution < -0.4 is 4.72 Å². The van der Waals surface area contributed by atoms with Crippen LogP contribution in [0, 0.1) is 0 Å². The average Bonchev–Trinajstić information content (AvgIpc) is 3.17. The standard InChI is InChI=1S/C28H28ClN3O5S2/c1-28(2,3)31-39(36,37)24-13-9-8-12-22(24)20-14-15-21(25(16-20)38(4,34)35)17-32-23(18-33)26(29)30-27(32)19-10-6-5-7-11-19/h5-16,18,31H,17H2,1-4H3. The third kappa shape index (κ3) is 6.30. The zero-order chi connectivity index (χ0) is 28.6. The number of benzene rings is 3. The molecule has 1 aromatic heterocycles. The van der Waals surface area contributed by atoms with Gasteiger partial charge in [-0.1, -0.05) is 72.3 Å². The zero-order valence-corrected chi connectivity index (χ0v) is 24.2. The molecule has 204 valence electrons.